The van der Waals surface area contributed by atoms with Crippen LogP contribution < -0.4 is 16.6 Å². The lowest BCUT2D eigenvalue weighted by molar-refractivity contribution is -0.122. The number of rotatable bonds is 5. The Morgan fingerprint density at radius 3 is 2.23 bits per heavy atom. The van der Waals surface area contributed by atoms with E-state index in [4.69, 9.17) is 23.2 Å². The minimum absolute atomic E-state index is 0.0546. The third-order valence-electron chi connectivity index (χ3n) is 4.17. The fourth-order valence-electron chi connectivity index (χ4n) is 2.91. The van der Waals surface area contributed by atoms with Crippen LogP contribution in [0.25, 0.3) is 10.9 Å². The van der Waals surface area contributed by atoms with Gasteiger partial charge in [0.05, 0.1) is 15.8 Å². The molecule has 0 saturated heterocycles. The maximum atomic E-state index is 13.1. The van der Waals surface area contributed by atoms with E-state index >= 15 is 0 Å². The molecule has 0 atom stereocenters. The van der Waals surface area contributed by atoms with Crippen molar-refractivity contribution < 1.29 is 13.2 Å². The Kier molecular flexibility index (Phi) is 6.07. The zero-order valence-corrected chi connectivity index (χ0v) is 18.3. The van der Waals surface area contributed by atoms with Crippen molar-refractivity contribution in [3.05, 3.63) is 73.3 Å². The molecule has 0 radical (unpaired) electrons. The molecule has 0 fully saturated rings. The van der Waals surface area contributed by atoms with Crippen molar-refractivity contribution in [3.8, 4) is 0 Å². The maximum absolute atomic E-state index is 13.1. The SMILES string of the molecule is CC(C)NC(=O)Cn1c(=O)n(S(=O)(=O)c2ccc(Cl)cc2)c(=O)c2ccc(Cl)cc21. The summed E-state index contributed by atoms with van der Waals surface area (Å²) in [6.45, 7) is 2.98. The zero-order chi connectivity index (χ0) is 22.2. The van der Waals surface area contributed by atoms with Crippen molar-refractivity contribution in [1.29, 1.82) is 0 Å². The smallest absolute Gasteiger partial charge is 0.346 e. The highest BCUT2D eigenvalue weighted by molar-refractivity contribution is 7.90. The van der Waals surface area contributed by atoms with Crippen LogP contribution in [0.15, 0.2) is 56.9 Å². The predicted molar refractivity (Wildman–Crippen MR) is 115 cm³/mol. The van der Waals surface area contributed by atoms with Gasteiger partial charge in [-0.25, -0.2) is 13.2 Å². The van der Waals surface area contributed by atoms with Gasteiger partial charge in [0, 0.05) is 16.1 Å². The molecule has 158 valence electrons. The fourth-order valence-corrected chi connectivity index (χ4v) is 4.51. The molecule has 8 nitrogen and oxygen atoms in total. The number of amides is 1. The molecule has 30 heavy (non-hydrogen) atoms. The lowest BCUT2D eigenvalue weighted by Crippen LogP contribution is -2.46. The van der Waals surface area contributed by atoms with Gasteiger partial charge in [0.2, 0.25) is 5.91 Å². The molecular weight excluding hydrogens is 453 g/mol. The Bertz CT molecular complexity index is 1360. The van der Waals surface area contributed by atoms with E-state index in [1.165, 1.54) is 42.5 Å². The number of aromatic nitrogens is 2. The third-order valence-corrected chi connectivity index (χ3v) is 6.33. The van der Waals surface area contributed by atoms with E-state index in [0.29, 0.717) is 0 Å². The van der Waals surface area contributed by atoms with Gasteiger partial charge in [-0.05, 0) is 56.3 Å². The van der Waals surface area contributed by atoms with Gasteiger partial charge in [-0.1, -0.05) is 23.2 Å². The second kappa shape index (κ2) is 8.25. The van der Waals surface area contributed by atoms with Crippen LogP contribution in [0.3, 0.4) is 0 Å². The molecule has 1 heterocycles. The molecule has 2 aromatic carbocycles. The second-order valence-corrected chi connectivity index (χ2v) is 9.44. The number of hydrogen-bond donors (Lipinski definition) is 1. The quantitative estimate of drug-likeness (QED) is 0.616. The number of nitrogens with zero attached hydrogens (tertiary/aromatic N) is 2. The topological polar surface area (TPSA) is 107 Å². The van der Waals surface area contributed by atoms with Crippen molar-refractivity contribution in [1.82, 2.24) is 13.9 Å². The maximum Gasteiger partial charge on any atom is 0.346 e. The minimum atomic E-state index is -4.55. The molecule has 0 aliphatic heterocycles. The summed E-state index contributed by atoms with van der Waals surface area (Å²) in [4.78, 5) is 38.1. The number of benzene rings is 2. The predicted octanol–water partition coefficient (Wildman–Crippen LogP) is 2.23. The van der Waals surface area contributed by atoms with E-state index < -0.39 is 33.7 Å². The second-order valence-electron chi connectivity index (χ2n) is 6.78. The van der Waals surface area contributed by atoms with Gasteiger partial charge in [-0.15, -0.1) is 3.97 Å². The molecule has 0 unspecified atom stereocenters. The summed E-state index contributed by atoms with van der Waals surface area (Å²) in [5, 5.41) is 3.06. The lowest BCUT2D eigenvalue weighted by atomic mass is 10.2. The van der Waals surface area contributed by atoms with E-state index in [-0.39, 0.29) is 35.9 Å². The molecular formula is C19H17Cl2N3O5S. The summed E-state index contributed by atoms with van der Waals surface area (Å²) in [5.41, 5.74) is -2.16. The number of carbonyl (C=O) groups is 1. The molecule has 0 bridgehead atoms. The molecule has 0 aliphatic rings. The summed E-state index contributed by atoms with van der Waals surface area (Å²) < 4.78 is 27.2. The molecule has 3 aromatic rings. The molecule has 11 heteroatoms. The van der Waals surface area contributed by atoms with E-state index in [1.54, 1.807) is 13.8 Å². The molecule has 1 aromatic heterocycles. The van der Waals surface area contributed by atoms with Crippen LogP contribution in [0.2, 0.25) is 10.0 Å². The summed E-state index contributed by atoms with van der Waals surface area (Å²) in [6, 6.07) is 8.87. The van der Waals surface area contributed by atoms with Crippen LogP contribution >= 0.6 is 23.2 Å². The summed E-state index contributed by atoms with van der Waals surface area (Å²) in [5.74, 6) is -0.525. The first-order valence-electron chi connectivity index (χ1n) is 8.78. The number of carbonyl (C=O) groups excluding carboxylic acids is 1. The molecule has 0 saturated carbocycles. The first kappa shape index (κ1) is 22.1. The molecule has 0 aliphatic carbocycles. The van der Waals surface area contributed by atoms with Gasteiger partial charge in [0.15, 0.2) is 0 Å². The number of fused-ring (bicyclic) bond motifs is 1. The zero-order valence-electron chi connectivity index (χ0n) is 15.9. The average molecular weight is 470 g/mol. The van der Waals surface area contributed by atoms with Crippen LogP contribution in [0.5, 0.6) is 0 Å². The van der Waals surface area contributed by atoms with Crippen LogP contribution in [-0.2, 0) is 21.4 Å². The number of halogens is 2. The van der Waals surface area contributed by atoms with E-state index in [0.717, 1.165) is 4.57 Å². The molecule has 0 spiro atoms. The van der Waals surface area contributed by atoms with Gasteiger partial charge in [0.1, 0.15) is 6.54 Å². The van der Waals surface area contributed by atoms with Gasteiger partial charge in [-0.3, -0.25) is 14.2 Å². The number of hydrogen-bond acceptors (Lipinski definition) is 5. The normalized spacial score (nSPS) is 11.8. The van der Waals surface area contributed by atoms with Gasteiger partial charge >= 0.3 is 5.69 Å². The highest BCUT2D eigenvalue weighted by Gasteiger charge is 2.26. The molecule has 1 amide bonds. The van der Waals surface area contributed by atoms with Crippen molar-refractivity contribution in [2.45, 2.75) is 31.3 Å². The van der Waals surface area contributed by atoms with E-state index in [9.17, 15) is 22.8 Å². The van der Waals surface area contributed by atoms with Gasteiger partial charge in [-0.2, -0.15) is 0 Å². The Morgan fingerprint density at radius 2 is 1.63 bits per heavy atom. The highest BCUT2D eigenvalue weighted by atomic mass is 35.5. The van der Waals surface area contributed by atoms with Gasteiger partial charge in [0.25, 0.3) is 15.6 Å². The van der Waals surface area contributed by atoms with Gasteiger partial charge < -0.3 is 5.32 Å². The third kappa shape index (κ3) is 4.14. The Balaban J connectivity index is 2.34. The number of nitrogens with one attached hydrogen (secondary N) is 1. The average Bonchev–Trinajstić information content (AvgIpc) is 2.64. The van der Waals surface area contributed by atoms with E-state index in [1.807, 2.05) is 0 Å². The van der Waals surface area contributed by atoms with Crippen molar-refractivity contribution >= 4 is 50.0 Å². The molecule has 1 N–H and O–H groups in total. The minimum Gasteiger partial charge on any atom is -0.352 e. The standard InChI is InChI=1S/C19H17Cl2N3O5S/c1-11(2)22-17(25)10-23-16-9-13(21)5-8-15(16)18(26)24(19(23)27)30(28,29)14-6-3-12(20)4-7-14/h3-9,11H,10H2,1-2H3,(H,22,25). The monoisotopic (exact) mass is 469 g/mol. The Morgan fingerprint density at radius 1 is 1.03 bits per heavy atom. The first-order valence-corrected chi connectivity index (χ1v) is 11.0. The summed E-state index contributed by atoms with van der Waals surface area (Å²) >= 11 is 11.8. The van der Waals surface area contributed by atoms with Crippen molar-refractivity contribution in [2.24, 2.45) is 0 Å². The van der Waals surface area contributed by atoms with E-state index in [2.05, 4.69) is 5.32 Å². The van der Waals surface area contributed by atoms with Crippen LogP contribution in [-0.4, -0.2) is 28.9 Å². The summed E-state index contributed by atoms with van der Waals surface area (Å²) in [6.07, 6.45) is 0. The van der Waals surface area contributed by atoms with Crippen LogP contribution in [0.4, 0.5) is 0 Å². The van der Waals surface area contributed by atoms with Crippen LogP contribution in [0, 0.1) is 0 Å². The van der Waals surface area contributed by atoms with Crippen molar-refractivity contribution in [3.63, 3.8) is 0 Å². The summed E-state index contributed by atoms with van der Waals surface area (Å²) in [7, 11) is -4.55. The highest BCUT2D eigenvalue weighted by Crippen LogP contribution is 2.18. The Labute approximate surface area is 181 Å². The lowest BCUT2D eigenvalue weighted by Gasteiger charge is -2.15. The molecule has 3 rings (SSSR count). The largest absolute Gasteiger partial charge is 0.352 e. The van der Waals surface area contributed by atoms with Crippen molar-refractivity contribution in [2.75, 3.05) is 0 Å². The van der Waals surface area contributed by atoms with Crippen LogP contribution in [0.1, 0.15) is 13.8 Å². The first-order chi connectivity index (χ1) is 14.0. The Hall–Kier alpha value is -2.62. The fraction of sp³-hybridized carbons (Fsp3) is 0.211.